The summed E-state index contributed by atoms with van der Waals surface area (Å²) in [5, 5.41) is 5.69. The highest BCUT2D eigenvalue weighted by molar-refractivity contribution is 7.89. The van der Waals surface area contributed by atoms with Crippen LogP contribution in [-0.2, 0) is 10.0 Å². The van der Waals surface area contributed by atoms with Gasteiger partial charge in [-0.15, -0.1) is 0 Å². The molecule has 0 spiro atoms. The molecule has 0 aliphatic carbocycles. The number of anilines is 1. The molecule has 1 aliphatic rings. The zero-order chi connectivity index (χ0) is 24.4. The van der Waals surface area contributed by atoms with E-state index in [0.717, 1.165) is 19.3 Å². The SMILES string of the molecule is Cc1ccc(S(=O)(=O)N2CCCCC2C)cc1C(=O)Nc1ccc(C(=O)NC(C)(C)C)cc1. The van der Waals surface area contributed by atoms with E-state index in [1.807, 2.05) is 27.7 Å². The minimum atomic E-state index is -3.68. The van der Waals surface area contributed by atoms with Crippen molar-refractivity contribution in [2.75, 3.05) is 11.9 Å². The average Bonchev–Trinajstić information content (AvgIpc) is 2.73. The summed E-state index contributed by atoms with van der Waals surface area (Å²) in [6, 6.07) is 11.2. The van der Waals surface area contributed by atoms with E-state index in [4.69, 9.17) is 0 Å². The standard InChI is InChI=1S/C25H33N3O4S/c1-17-9-14-21(33(31,32)28-15-7-6-8-18(28)2)16-22(17)24(30)26-20-12-10-19(11-13-20)23(29)27-25(3,4)5/h9-14,16,18H,6-8,15H2,1-5H3,(H,26,30)(H,27,29). The summed E-state index contributed by atoms with van der Waals surface area (Å²) < 4.78 is 27.9. The zero-order valence-corrected chi connectivity index (χ0v) is 20.8. The molecular formula is C25H33N3O4S. The summed E-state index contributed by atoms with van der Waals surface area (Å²) >= 11 is 0. The molecule has 0 saturated carbocycles. The maximum absolute atomic E-state index is 13.2. The minimum Gasteiger partial charge on any atom is -0.347 e. The largest absolute Gasteiger partial charge is 0.347 e. The van der Waals surface area contributed by atoms with Crippen LogP contribution in [0.15, 0.2) is 47.4 Å². The van der Waals surface area contributed by atoms with E-state index in [9.17, 15) is 18.0 Å². The van der Waals surface area contributed by atoms with Crippen molar-refractivity contribution in [3.8, 4) is 0 Å². The molecule has 2 N–H and O–H groups in total. The topological polar surface area (TPSA) is 95.6 Å². The van der Waals surface area contributed by atoms with Crippen LogP contribution in [0.5, 0.6) is 0 Å². The van der Waals surface area contributed by atoms with Gasteiger partial charge in [-0.2, -0.15) is 4.31 Å². The van der Waals surface area contributed by atoms with E-state index in [1.54, 1.807) is 43.3 Å². The van der Waals surface area contributed by atoms with E-state index in [2.05, 4.69) is 10.6 Å². The Hall–Kier alpha value is -2.71. The van der Waals surface area contributed by atoms with Gasteiger partial charge in [0.1, 0.15) is 0 Å². The lowest BCUT2D eigenvalue weighted by atomic mass is 10.1. The van der Waals surface area contributed by atoms with Gasteiger partial charge in [0.2, 0.25) is 10.0 Å². The molecule has 1 saturated heterocycles. The van der Waals surface area contributed by atoms with Gasteiger partial charge in [-0.25, -0.2) is 8.42 Å². The van der Waals surface area contributed by atoms with Crippen molar-refractivity contribution in [1.82, 2.24) is 9.62 Å². The Morgan fingerprint density at radius 2 is 1.67 bits per heavy atom. The first-order valence-electron chi connectivity index (χ1n) is 11.2. The minimum absolute atomic E-state index is 0.0590. The molecular weight excluding hydrogens is 438 g/mol. The van der Waals surface area contributed by atoms with Crippen molar-refractivity contribution >= 4 is 27.5 Å². The molecule has 2 aromatic rings. The molecule has 178 valence electrons. The molecule has 2 amide bonds. The van der Waals surface area contributed by atoms with Gasteiger partial charge in [0.15, 0.2) is 0 Å². The number of nitrogens with zero attached hydrogens (tertiary/aromatic N) is 1. The summed E-state index contributed by atoms with van der Waals surface area (Å²) in [7, 11) is -3.68. The van der Waals surface area contributed by atoms with Crippen LogP contribution in [0.2, 0.25) is 0 Å². The van der Waals surface area contributed by atoms with Gasteiger partial charge in [0, 0.05) is 34.9 Å². The third-order valence-corrected chi connectivity index (χ3v) is 7.71. The Morgan fingerprint density at radius 3 is 2.27 bits per heavy atom. The normalized spacial score (nSPS) is 17.4. The third kappa shape index (κ3) is 6.00. The van der Waals surface area contributed by atoms with Crippen LogP contribution in [0.25, 0.3) is 0 Å². The third-order valence-electron chi connectivity index (χ3n) is 5.70. The average molecular weight is 472 g/mol. The Morgan fingerprint density at radius 1 is 1.00 bits per heavy atom. The number of piperidine rings is 1. The van der Waals surface area contributed by atoms with Crippen LogP contribution in [0, 0.1) is 6.92 Å². The highest BCUT2D eigenvalue weighted by atomic mass is 32.2. The van der Waals surface area contributed by atoms with Crippen molar-refractivity contribution in [3.63, 3.8) is 0 Å². The van der Waals surface area contributed by atoms with Crippen molar-refractivity contribution < 1.29 is 18.0 Å². The van der Waals surface area contributed by atoms with Crippen molar-refractivity contribution in [1.29, 1.82) is 0 Å². The number of nitrogens with one attached hydrogen (secondary N) is 2. The number of carbonyl (C=O) groups excluding carboxylic acids is 2. The molecule has 8 heteroatoms. The van der Waals surface area contributed by atoms with Crippen LogP contribution in [0.3, 0.4) is 0 Å². The lowest BCUT2D eigenvalue weighted by Crippen LogP contribution is -2.42. The molecule has 1 unspecified atom stereocenters. The van der Waals surface area contributed by atoms with E-state index >= 15 is 0 Å². The van der Waals surface area contributed by atoms with E-state index in [-0.39, 0.29) is 22.4 Å². The molecule has 0 bridgehead atoms. The molecule has 7 nitrogen and oxygen atoms in total. The predicted octanol–water partition coefficient (Wildman–Crippen LogP) is 4.34. The summed E-state index contributed by atoms with van der Waals surface area (Å²) in [5.74, 6) is -0.593. The van der Waals surface area contributed by atoms with Gasteiger partial charge in [-0.3, -0.25) is 9.59 Å². The number of amides is 2. The Bertz CT molecular complexity index is 1140. The fraction of sp³-hybridized carbons (Fsp3) is 0.440. The van der Waals surface area contributed by atoms with Gasteiger partial charge in [0.25, 0.3) is 11.8 Å². The predicted molar refractivity (Wildman–Crippen MR) is 130 cm³/mol. The smallest absolute Gasteiger partial charge is 0.255 e. The number of benzene rings is 2. The monoisotopic (exact) mass is 471 g/mol. The molecule has 1 aliphatic heterocycles. The van der Waals surface area contributed by atoms with Crippen molar-refractivity contribution in [2.24, 2.45) is 0 Å². The Labute approximate surface area is 196 Å². The molecule has 1 atom stereocenters. The van der Waals surface area contributed by atoms with Crippen LogP contribution in [0.1, 0.15) is 73.2 Å². The summed E-state index contributed by atoms with van der Waals surface area (Å²) in [4.78, 5) is 25.4. The second-order valence-corrected chi connectivity index (χ2v) is 11.6. The van der Waals surface area contributed by atoms with Crippen LogP contribution in [0.4, 0.5) is 5.69 Å². The molecule has 2 aromatic carbocycles. The first-order chi connectivity index (χ1) is 15.4. The molecule has 0 aromatic heterocycles. The summed E-state index contributed by atoms with van der Waals surface area (Å²) in [6.45, 7) is 9.90. The van der Waals surface area contributed by atoms with Gasteiger partial charge in [0.05, 0.1) is 4.90 Å². The fourth-order valence-corrected chi connectivity index (χ4v) is 5.61. The van der Waals surface area contributed by atoms with Gasteiger partial charge >= 0.3 is 0 Å². The summed E-state index contributed by atoms with van der Waals surface area (Å²) in [5.41, 5.74) is 1.64. The van der Waals surface area contributed by atoms with Crippen molar-refractivity contribution in [2.45, 2.75) is 70.4 Å². The highest BCUT2D eigenvalue weighted by Gasteiger charge is 2.31. The number of hydrogen-bond acceptors (Lipinski definition) is 4. The number of sulfonamides is 1. The van der Waals surface area contributed by atoms with Gasteiger partial charge in [-0.05, 0) is 89.4 Å². The van der Waals surface area contributed by atoms with E-state index in [1.165, 1.54) is 10.4 Å². The molecule has 1 fully saturated rings. The van der Waals surface area contributed by atoms with Crippen LogP contribution >= 0.6 is 0 Å². The molecule has 33 heavy (non-hydrogen) atoms. The number of aryl methyl sites for hydroxylation is 1. The first kappa shape index (κ1) is 24.9. The van der Waals surface area contributed by atoms with Crippen LogP contribution < -0.4 is 10.6 Å². The van der Waals surface area contributed by atoms with E-state index < -0.39 is 15.9 Å². The van der Waals surface area contributed by atoms with Crippen molar-refractivity contribution in [3.05, 3.63) is 59.2 Å². The second-order valence-electron chi connectivity index (χ2n) is 9.67. The first-order valence-corrected chi connectivity index (χ1v) is 12.7. The maximum atomic E-state index is 13.2. The summed E-state index contributed by atoms with van der Waals surface area (Å²) in [6.07, 6.45) is 2.69. The molecule has 1 heterocycles. The number of carbonyl (C=O) groups is 2. The Balaban J connectivity index is 1.78. The Kier molecular flexibility index (Phi) is 7.29. The number of hydrogen-bond donors (Lipinski definition) is 2. The maximum Gasteiger partial charge on any atom is 0.255 e. The number of rotatable bonds is 5. The molecule has 0 radical (unpaired) electrons. The quantitative estimate of drug-likeness (QED) is 0.678. The lowest BCUT2D eigenvalue weighted by Gasteiger charge is -2.32. The highest BCUT2D eigenvalue weighted by Crippen LogP contribution is 2.27. The van der Waals surface area contributed by atoms with Gasteiger partial charge < -0.3 is 10.6 Å². The lowest BCUT2D eigenvalue weighted by molar-refractivity contribution is 0.0919. The zero-order valence-electron chi connectivity index (χ0n) is 19.9. The fourth-order valence-electron chi connectivity index (χ4n) is 3.89. The van der Waals surface area contributed by atoms with Crippen LogP contribution in [-0.4, -0.2) is 42.7 Å². The molecule has 3 rings (SSSR count). The second kappa shape index (κ2) is 9.65. The van der Waals surface area contributed by atoms with E-state index in [0.29, 0.717) is 28.9 Å². The van der Waals surface area contributed by atoms with Gasteiger partial charge in [-0.1, -0.05) is 12.5 Å².